The van der Waals surface area contributed by atoms with Gasteiger partial charge in [0.25, 0.3) is 0 Å². The number of aromatic nitrogens is 5. The van der Waals surface area contributed by atoms with Crippen LogP contribution in [0.1, 0.15) is 5.56 Å². The number of nitrogens with one attached hydrogen (secondary N) is 2. The third-order valence-electron chi connectivity index (χ3n) is 4.11. The highest BCUT2D eigenvalue weighted by Gasteiger charge is 2.14. The smallest absolute Gasteiger partial charge is 0.137 e. The van der Waals surface area contributed by atoms with E-state index in [9.17, 15) is 5.26 Å². The molecule has 0 atom stereocenters. The third kappa shape index (κ3) is 3.80. The van der Waals surface area contributed by atoms with Crippen LogP contribution in [0.25, 0.3) is 16.6 Å². The molecule has 3 aromatic heterocycles. The molecule has 4 aromatic rings. The lowest BCUT2D eigenvalue weighted by Crippen LogP contribution is -2.07. The third-order valence-corrected chi connectivity index (χ3v) is 4.42. The van der Waals surface area contributed by atoms with Crippen LogP contribution < -0.4 is 10.6 Å². The molecule has 3 heterocycles. The molecule has 10 heteroatoms. The van der Waals surface area contributed by atoms with Gasteiger partial charge in [-0.1, -0.05) is 17.7 Å². The van der Waals surface area contributed by atoms with Gasteiger partial charge in [0, 0.05) is 30.3 Å². The van der Waals surface area contributed by atoms with Crippen molar-refractivity contribution in [2.24, 2.45) is 0 Å². The van der Waals surface area contributed by atoms with Gasteiger partial charge in [-0.15, -0.1) is 0 Å². The zero-order chi connectivity index (χ0) is 20.2. The summed E-state index contributed by atoms with van der Waals surface area (Å²) in [5, 5.41) is 30.1. The first-order valence-electron chi connectivity index (χ1n) is 8.66. The summed E-state index contributed by atoms with van der Waals surface area (Å²) < 4.78 is 1.62. The normalized spacial score (nSPS) is 10.7. The number of hydrogen-bond donors (Lipinski definition) is 3. The van der Waals surface area contributed by atoms with E-state index in [4.69, 9.17) is 16.7 Å². The molecule has 9 nitrogen and oxygen atoms in total. The largest absolute Gasteiger partial charge is 0.395 e. The fourth-order valence-electron chi connectivity index (χ4n) is 2.83. The van der Waals surface area contributed by atoms with Gasteiger partial charge in [0.15, 0.2) is 0 Å². The SMILES string of the molecule is N#Cc1cccc(Cl)c1-n1ncc2cnc(Nc3cc(NCCO)ncn3)cc21. The van der Waals surface area contributed by atoms with Crippen molar-refractivity contribution in [1.82, 2.24) is 24.7 Å². The van der Waals surface area contributed by atoms with Gasteiger partial charge in [-0.25, -0.2) is 19.6 Å². The Morgan fingerprint density at radius 2 is 1.93 bits per heavy atom. The van der Waals surface area contributed by atoms with Crippen LogP contribution in [0, 0.1) is 11.3 Å². The number of anilines is 3. The minimum absolute atomic E-state index is 0.00169. The molecule has 0 unspecified atom stereocenters. The van der Waals surface area contributed by atoms with E-state index in [2.05, 4.69) is 36.8 Å². The van der Waals surface area contributed by atoms with E-state index in [0.717, 1.165) is 10.9 Å². The lowest BCUT2D eigenvalue weighted by Gasteiger charge is -2.10. The van der Waals surface area contributed by atoms with Gasteiger partial charge in [0.2, 0.25) is 0 Å². The van der Waals surface area contributed by atoms with E-state index in [1.165, 1.54) is 6.33 Å². The van der Waals surface area contributed by atoms with E-state index < -0.39 is 0 Å². The number of halogens is 1. The van der Waals surface area contributed by atoms with Crippen molar-refractivity contribution >= 4 is 40.0 Å². The molecule has 0 fully saturated rings. The zero-order valence-corrected chi connectivity index (χ0v) is 15.8. The van der Waals surface area contributed by atoms with Crippen LogP contribution in [0.5, 0.6) is 0 Å². The molecule has 0 bridgehead atoms. The lowest BCUT2D eigenvalue weighted by molar-refractivity contribution is 0.311. The fraction of sp³-hybridized carbons (Fsp3) is 0.105. The maximum Gasteiger partial charge on any atom is 0.137 e. The average molecular weight is 407 g/mol. The Balaban J connectivity index is 1.71. The molecule has 0 radical (unpaired) electrons. The fourth-order valence-corrected chi connectivity index (χ4v) is 3.08. The molecule has 3 N–H and O–H groups in total. The van der Waals surface area contributed by atoms with Gasteiger partial charge in [-0.3, -0.25) is 0 Å². The molecule has 0 aliphatic rings. The molecule has 0 aliphatic carbocycles. The number of pyridine rings is 1. The molecule has 144 valence electrons. The minimum atomic E-state index is 0.00169. The Labute approximate surface area is 170 Å². The molecular weight excluding hydrogens is 392 g/mol. The summed E-state index contributed by atoms with van der Waals surface area (Å²) in [5.41, 5.74) is 1.67. The minimum Gasteiger partial charge on any atom is -0.395 e. The topological polar surface area (TPSA) is 125 Å². The van der Waals surface area contributed by atoms with Crippen LogP contribution >= 0.6 is 11.6 Å². The predicted molar refractivity (Wildman–Crippen MR) is 109 cm³/mol. The van der Waals surface area contributed by atoms with Crippen LogP contribution in [0.4, 0.5) is 17.5 Å². The summed E-state index contributed by atoms with van der Waals surface area (Å²) in [5.74, 6) is 1.66. The van der Waals surface area contributed by atoms with Crippen LogP contribution in [0.2, 0.25) is 5.02 Å². The lowest BCUT2D eigenvalue weighted by atomic mass is 10.2. The molecule has 4 rings (SSSR count). The number of hydrogen-bond acceptors (Lipinski definition) is 8. The predicted octanol–water partition coefficient (Wildman–Crippen LogP) is 2.88. The molecule has 0 saturated heterocycles. The molecule has 0 spiro atoms. The van der Waals surface area contributed by atoms with Gasteiger partial charge in [-0.2, -0.15) is 10.4 Å². The highest BCUT2D eigenvalue weighted by atomic mass is 35.5. The standard InChI is InChI=1S/C19H15ClN8O/c20-14-3-1-2-12(8-21)19(14)28-15-6-17(23-9-13(15)10-26-28)27-18-7-16(22-4-5-29)24-11-25-18/h1-3,6-7,9-11,29H,4-5H2,(H2,22,23,24,25,27). The van der Waals surface area contributed by atoms with Gasteiger partial charge in [0.1, 0.15) is 35.5 Å². The van der Waals surface area contributed by atoms with Crippen molar-refractivity contribution in [2.75, 3.05) is 23.8 Å². The number of aliphatic hydroxyl groups is 1. The second-order valence-electron chi connectivity index (χ2n) is 6.00. The summed E-state index contributed by atoms with van der Waals surface area (Å²) in [7, 11) is 0. The number of nitrogens with zero attached hydrogens (tertiary/aromatic N) is 6. The molecular formula is C19H15ClN8O. The number of benzene rings is 1. The number of fused-ring (bicyclic) bond motifs is 1. The quantitative estimate of drug-likeness (QED) is 0.446. The van der Waals surface area contributed by atoms with Gasteiger partial charge >= 0.3 is 0 Å². The van der Waals surface area contributed by atoms with Crippen molar-refractivity contribution in [3.05, 3.63) is 59.6 Å². The average Bonchev–Trinajstić information content (AvgIpc) is 3.15. The summed E-state index contributed by atoms with van der Waals surface area (Å²) >= 11 is 6.34. The Morgan fingerprint density at radius 3 is 2.76 bits per heavy atom. The van der Waals surface area contributed by atoms with E-state index in [-0.39, 0.29) is 6.61 Å². The van der Waals surface area contributed by atoms with E-state index in [1.54, 1.807) is 47.4 Å². The highest BCUT2D eigenvalue weighted by Crippen LogP contribution is 2.28. The number of nitriles is 1. The first kappa shape index (κ1) is 18.6. The van der Waals surface area contributed by atoms with Crippen molar-refractivity contribution < 1.29 is 5.11 Å². The van der Waals surface area contributed by atoms with Crippen molar-refractivity contribution in [3.8, 4) is 11.8 Å². The molecule has 0 amide bonds. The van der Waals surface area contributed by atoms with Crippen LogP contribution in [-0.4, -0.2) is 43.0 Å². The summed E-state index contributed by atoms with van der Waals surface area (Å²) in [6, 6.07) is 10.8. The first-order chi connectivity index (χ1) is 14.2. The maximum atomic E-state index is 9.44. The Hall–Kier alpha value is -3.74. The van der Waals surface area contributed by atoms with Crippen LogP contribution in [0.3, 0.4) is 0 Å². The number of para-hydroxylation sites is 1. The van der Waals surface area contributed by atoms with Gasteiger partial charge < -0.3 is 15.7 Å². The Bertz CT molecular complexity index is 1220. The number of aliphatic hydroxyl groups excluding tert-OH is 1. The first-order valence-corrected chi connectivity index (χ1v) is 9.04. The van der Waals surface area contributed by atoms with Crippen molar-refractivity contribution in [2.45, 2.75) is 0 Å². The molecule has 1 aromatic carbocycles. The molecule has 29 heavy (non-hydrogen) atoms. The van der Waals surface area contributed by atoms with E-state index >= 15 is 0 Å². The van der Waals surface area contributed by atoms with Crippen LogP contribution in [0.15, 0.2) is 49.1 Å². The van der Waals surface area contributed by atoms with Crippen molar-refractivity contribution in [1.29, 1.82) is 5.26 Å². The maximum absolute atomic E-state index is 9.44. The van der Waals surface area contributed by atoms with Crippen molar-refractivity contribution in [3.63, 3.8) is 0 Å². The van der Waals surface area contributed by atoms with Gasteiger partial charge in [-0.05, 0) is 12.1 Å². The summed E-state index contributed by atoms with van der Waals surface area (Å²) in [6.45, 7) is 0.390. The second-order valence-corrected chi connectivity index (χ2v) is 6.40. The highest BCUT2D eigenvalue weighted by molar-refractivity contribution is 6.32. The van der Waals surface area contributed by atoms with E-state index in [1.807, 2.05) is 0 Å². The monoisotopic (exact) mass is 406 g/mol. The van der Waals surface area contributed by atoms with Crippen LogP contribution in [-0.2, 0) is 0 Å². The summed E-state index contributed by atoms with van der Waals surface area (Å²) in [6.07, 6.45) is 4.75. The number of rotatable bonds is 6. The molecule has 0 saturated carbocycles. The molecule has 0 aliphatic heterocycles. The zero-order valence-electron chi connectivity index (χ0n) is 15.0. The Morgan fingerprint density at radius 1 is 1.10 bits per heavy atom. The second kappa shape index (κ2) is 8.10. The van der Waals surface area contributed by atoms with Gasteiger partial charge in [0.05, 0.1) is 28.9 Å². The summed E-state index contributed by atoms with van der Waals surface area (Å²) in [4.78, 5) is 12.7. The Kier molecular flexibility index (Phi) is 5.20. The van der Waals surface area contributed by atoms with E-state index in [0.29, 0.717) is 40.3 Å².